The second-order valence-electron chi connectivity index (χ2n) is 3.37. The molecule has 0 saturated heterocycles. The molecule has 0 saturated carbocycles. The van der Waals surface area contributed by atoms with Crippen molar-refractivity contribution >= 4 is 17.2 Å². The van der Waals surface area contributed by atoms with Gasteiger partial charge in [0.1, 0.15) is 0 Å². The molecular formula is C10H10N4O2. The number of aromatic amines is 1. The van der Waals surface area contributed by atoms with Gasteiger partial charge in [-0.3, -0.25) is 15.2 Å². The zero-order valence-electron chi connectivity index (χ0n) is 8.60. The first-order chi connectivity index (χ1) is 7.65. The number of non-ortho nitro benzene ring substituents is 1. The van der Waals surface area contributed by atoms with Gasteiger partial charge in [-0.15, -0.1) is 0 Å². The highest BCUT2D eigenvalue weighted by atomic mass is 16.6. The van der Waals surface area contributed by atoms with Crippen LogP contribution in [-0.2, 0) is 0 Å². The van der Waals surface area contributed by atoms with E-state index < -0.39 is 4.92 Å². The van der Waals surface area contributed by atoms with E-state index in [-0.39, 0.29) is 5.69 Å². The predicted octanol–water partition coefficient (Wildman–Crippen LogP) is 2.37. The minimum atomic E-state index is -0.428. The van der Waals surface area contributed by atoms with Crippen LogP contribution < -0.4 is 5.32 Å². The normalized spacial score (nSPS) is 10.1. The van der Waals surface area contributed by atoms with Crippen LogP contribution in [-0.4, -0.2) is 15.1 Å². The van der Waals surface area contributed by atoms with Crippen LogP contribution in [0, 0.1) is 17.0 Å². The number of anilines is 2. The van der Waals surface area contributed by atoms with Crippen molar-refractivity contribution in [2.45, 2.75) is 6.92 Å². The monoisotopic (exact) mass is 218 g/mol. The third-order valence-electron chi connectivity index (χ3n) is 2.06. The molecule has 6 heteroatoms. The molecule has 0 aliphatic carbocycles. The molecular weight excluding hydrogens is 208 g/mol. The topological polar surface area (TPSA) is 83.8 Å². The summed E-state index contributed by atoms with van der Waals surface area (Å²) in [6.07, 6.45) is 0. The SMILES string of the molecule is Cc1cc(Nc2ccc([N+](=O)[O-])cc2)n[nH]1. The number of benzene rings is 1. The molecule has 16 heavy (non-hydrogen) atoms. The van der Waals surface area contributed by atoms with Gasteiger partial charge in [0.2, 0.25) is 0 Å². The van der Waals surface area contributed by atoms with E-state index in [9.17, 15) is 10.1 Å². The van der Waals surface area contributed by atoms with Crippen LogP contribution >= 0.6 is 0 Å². The Morgan fingerprint density at radius 2 is 2.06 bits per heavy atom. The molecule has 2 rings (SSSR count). The van der Waals surface area contributed by atoms with E-state index in [0.717, 1.165) is 11.4 Å². The van der Waals surface area contributed by atoms with Crippen molar-refractivity contribution in [3.63, 3.8) is 0 Å². The molecule has 2 N–H and O–H groups in total. The van der Waals surface area contributed by atoms with Gasteiger partial charge in [-0.1, -0.05) is 0 Å². The van der Waals surface area contributed by atoms with Crippen molar-refractivity contribution in [1.29, 1.82) is 0 Å². The van der Waals surface area contributed by atoms with Crippen molar-refractivity contribution in [2.75, 3.05) is 5.32 Å². The summed E-state index contributed by atoms with van der Waals surface area (Å²) in [5.74, 6) is 0.686. The Hall–Kier alpha value is -2.37. The highest BCUT2D eigenvalue weighted by Crippen LogP contribution is 2.18. The molecule has 0 aliphatic rings. The standard InChI is InChI=1S/C10H10N4O2/c1-7-6-10(13-12-7)11-8-2-4-9(5-3-8)14(15)16/h2-6H,1H3,(H2,11,12,13). The average molecular weight is 218 g/mol. The maximum absolute atomic E-state index is 10.4. The van der Waals surface area contributed by atoms with E-state index in [4.69, 9.17) is 0 Å². The summed E-state index contributed by atoms with van der Waals surface area (Å²) in [6.45, 7) is 1.90. The summed E-state index contributed by atoms with van der Waals surface area (Å²) in [6, 6.07) is 8.02. The van der Waals surface area contributed by atoms with E-state index in [1.54, 1.807) is 12.1 Å². The van der Waals surface area contributed by atoms with Crippen molar-refractivity contribution < 1.29 is 4.92 Å². The quantitative estimate of drug-likeness (QED) is 0.611. The molecule has 0 fully saturated rings. The van der Waals surface area contributed by atoms with Crippen molar-refractivity contribution in [1.82, 2.24) is 10.2 Å². The average Bonchev–Trinajstić information content (AvgIpc) is 2.65. The Morgan fingerprint density at radius 1 is 1.38 bits per heavy atom. The van der Waals surface area contributed by atoms with Crippen LogP contribution in [0.1, 0.15) is 5.69 Å². The van der Waals surface area contributed by atoms with Crippen LogP contribution in [0.5, 0.6) is 0 Å². The van der Waals surface area contributed by atoms with Gasteiger partial charge in [-0.25, -0.2) is 0 Å². The first kappa shape index (κ1) is 10.2. The number of nitrogens with one attached hydrogen (secondary N) is 2. The number of nitro benzene ring substituents is 1. The molecule has 6 nitrogen and oxygen atoms in total. The lowest BCUT2D eigenvalue weighted by Crippen LogP contribution is -1.91. The number of hydrogen-bond acceptors (Lipinski definition) is 4. The van der Waals surface area contributed by atoms with E-state index in [0.29, 0.717) is 5.82 Å². The van der Waals surface area contributed by atoms with Gasteiger partial charge in [0, 0.05) is 29.6 Å². The highest BCUT2D eigenvalue weighted by molar-refractivity contribution is 5.57. The molecule has 0 spiro atoms. The maximum atomic E-state index is 10.4. The predicted molar refractivity (Wildman–Crippen MR) is 59.7 cm³/mol. The number of nitrogens with zero attached hydrogens (tertiary/aromatic N) is 2. The highest BCUT2D eigenvalue weighted by Gasteiger charge is 2.04. The van der Waals surface area contributed by atoms with E-state index in [1.807, 2.05) is 13.0 Å². The number of nitro groups is 1. The summed E-state index contributed by atoms with van der Waals surface area (Å²) < 4.78 is 0. The molecule has 0 aliphatic heterocycles. The van der Waals surface area contributed by atoms with Crippen LogP contribution in [0.2, 0.25) is 0 Å². The van der Waals surface area contributed by atoms with E-state index in [1.165, 1.54) is 12.1 Å². The van der Waals surface area contributed by atoms with Gasteiger partial charge in [-0.2, -0.15) is 5.10 Å². The maximum Gasteiger partial charge on any atom is 0.269 e. The number of H-pyrrole nitrogens is 1. The number of aromatic nitrogens is 2. The number of rotatable bonds is 3. The molecule has 0 amide bonds. The number of hydrogen-bond donors (Lipinski definition) is 2. The molecule has 0 unspecified atom stereocenters. The van der Waals surface area contributed by atoms with Crippen molar-refractivity contribution in [2.24, 2.45) is 0 Å². The first-order valence-electron chi connectivity index (χ1n) is 4.68. The fraction of sp³-hybridized carbons (Fsp3) is 0.100. The van der Waals surface area contributed by atoms with Crippen molar-refractivity contribution in [3.05, 3.63) is 46.1 Å². The van der Waals surface area contributed by atoms with Gasteiger partial charge in [0.25, 0.3) is 5.69 Å². The molecule has 1 aromatic heterocycles. The smallest absolute Gasteiger partial charge is 0.269 e. The molecule has 82 valence electrons. The van der Waals surface area contributed by atoms with Gasteiger partial charge in [0.15, 0.2) is 5.82 Å². The minimum absolute atomic E-state index is 0.0729. The van der Waals surface area contributed by atoms with Crippen LogP contribution in [0.25, 0.3) is 0 Å². The molecule has 2 aromatic rings. The van der Waals surface area contributed by atoms with E-state index >= 15 is 0 Å². The second-order valence-corrected chi connectivity index (χ2v) is 3.37. The zero-order valence-corrected chi connectivity index (χ0v) is 8.60. The third kappa shape index (κ3) is 2.17. The summed E-state index contributed by atoms with van der Waals surface area (Å²) in [7, 11) is 0. The summed E-state index contributed by atoms with van der Waals surface area (Å²) in [4.78, 5) is 10.0. The van der Waals surface area contributed by atoms with Gasteiger partial charge >= 0.3 is 0 Å². The Kier molecular flexibility index (Phi) is 2.55. The largest absolute Gasteiger partial charge is 0.339 e. The van der Waals surface area contributed by atoms with Crippen LogP contribution in [0.3, 0.4) is 0 Å². The van der Waals surface area contributed by atoms with Gasteiger partial charge in [0.05, 0.1) is 4.92 Å². The molecule has 0 radical (unpaired) electrons. The molecule has 0 atom stereocenters. The summed E-state index contributed by atoms with van der Waals surface area (Å²) >= 11 is 0. The third-order valence-corrected chi connectivity index (χ3v) is 2.06. The second kappa shape index (κ2) is 4.01. The Bertz CT molecular complexity index is 504. The lowest BCUT2D eigenvalue weighted by Gasteiger charge is -2.01. The fourth-order valence-corrected chi connectivity index (χ4v) is 1.30. The van der Waals surface area contributed by atoms with E-state index in [2.05, 4.69) is 15.5 Å². The van der Waals surface area contributed by atoms with Gasteiger partial charge in [-0.05, 0) is 19.1 Å². The summed E-state index contributed by atoms with van der Waals surface area (Å²) in [5.41, 5.74) is 1.78. The van der Waals surface area contributed by atoms with Crippen LogP contribution in [0.15, 0.2) is 30.3 Å². The number of aryl methyl sites for hydroxylation is 1. The van der Waals surface area contributed by atoms with Crippen LogP contribution in [0.4, 0.5) is 17.2 Å². The molecule has 0 bridgehead atoms. The lowest BCUT2D eigenvalue weighted by atomic mass is 10.3. The fourth-order valence-electron chi connectivity index (χ4n) is 1.30. The molecule has 1 heterocycles. The van der Waals surface area contributed by atoms with Crippen molar-refractivity contribution in [3.8, 4) is 0 Å². The Balaban J connectivity index is 2.14. The lowest BCUT2D eigenvalue weighted by molar-refractivity contribution is -0.384. The minimum Gasteiger partial charge on any atom is -0.339 e. The Morgan fingerprint density at radius 3 is 2.56 bits per heavy atom. The first-order valence-corrected chi connectivity index (χ1v) is 4.68. The van der Waals surface area contributed by atoms with Gasteiger partial charge < -0.3 is 5.32 Å². The summed E-state index contributed by atoms with van der Waals surface area (Å²) in [5, 5.41) is 20.3. The zero-order chi connectivity index (χ0) is 11.5. The molecule has 1 aromatic carbocycles. The Labute approximate surface area is 91.5 Å².